The van der Waals surface area contributed by atoms with Crippen molar-refractivity contribution < 1.29 is 9.53 Å². The number of thiazole rings is 1. The predicted molar refractivity (Wildman–Crippen MR) is 129 cm³/mol. The molecule has 3 aromatic heterocycles. The van der Waals surface area contributed by atoms with Crippen LogP contribution in [0.1, 0.15) is 15.4 Å². The molecule has 1 saturated heterocycles. The molecule has 1 fully saturated rings. The summed E-state index contributed by atoms with van der Waals surface area (Å²) in [5.41, 5.74) is 3.09. The second-order valence-corrected chi connectivity index (χ2v) is 9.27. The van der Waals surface area contributed by atoms with Gasteiger partial charge in [0.05, 0.1) is 29.5 Å². The average molecular weight is 464 g/mol. The molecule has 0 unspecified atom stereocenters. The monoisotopic (exact) mass is 463 g/mol. The van der Waals surface area contributed by atoms with Gasteiger partial charge in [0, 0.05) is 24.3 Å². The molecule has 0 saturated carbocycles. The van der Waals surface area contributed by atoms with Crippen LogP contribution in [0.5, 0.6) is 0 Å². The summed E-state index contributed by atoms with van der Waals surface area (Å²) in [5, 5.41) is 14.7. The first-order chi connectivity index (χ1) is 15.7. The van der Waals surface area contributed by atoms with Crippen LogP contribution in [-0.2, 0) is 4.74 Å². The Morgan fingerprint density at radius 1 is 1.09 bits per heavy atom. The van der Waals surface area contributed by atoms with Crippen LogP contribution >= 0.6 is 22.7 Å². The topological polar surface area (TPSA) is 80.2 Å². The lowest BCUT2D eigenvalue weighted by Gasteiger charge is -2.27. The Hall–Kier alpha value is -3.14. The minimum Gasteiger partial charge on any atom is -0.378 e. The van der Waals surface area contributed by atoms with Gasteiger partial charge in [-0.2, -0.15) is 0 Å². The maximum absolute atomic E-state index is 12.9. The van der Waals surface area contributed by atoms with Gasteiger partial charge < -0.3 is 15.0 Å². The van der Waals surface area contributed by atoms with Crippen molar-refractivity contribution in [3.8, 4) is 21.1 Å². The third-order valence-corrected chi connectivity index (χ3v) is 7.33. The number of aryl methyl sites for hydroxylation is 1. The Morgan fingerprint density at radius 3 is 2.72 bits per heavy atom. The molecule has 1 aromatic carbocycles. The highest BCUT2D eigenvalue weighted by molar-refractivity contribution is 7.22. The minimum atomic E-state index is -0.159. The molecule has 0 spiro atoms. The van der Waals surface area contributed by atoms with Crippen LogP contribution in [0.4, 0.5) is 11.5 Å². The number of nitrogens with one attached hydrogen (secondary N) is 1. The van der Waals surface area contributed by atoms with Gasteiger partial charge in [-0.3, -0.25) is 4.79 Å². The van der Waals surface area contributed by atoms with Crippen LogP contribution in [0.2, 0.25) is 0 Å². The van der Waals surface area contributed by atoms with Gasteiger partial charge in [-0.25, -0.2) is 4.98 Å². The van der Waals surface area contributed by atoms with Crippen molar-refractivity contribution in [3.63, 3.8) is 0 Å². The first-order valence-electron chi connectivity index (χ1n) is 10.3. The molecule has 0 atom stereocenters. The predicted octanol–water partition coefficient (Wildman–Crippen LogP) is 4.73. The second kappa shape index (κ2) is 9.15. The van der Waals surface area contributed by atoms with E-state index in [1.165, 1.54) is 11.3 Å². The van der Waals surface area contributed by atoms with Crippen LogP contribution in [-0.4, -0.2) is 47.4 Å². The zero-order valence-corrected chi connectivity index (χ0v) is 19.1. The number of morpholine rings is 1. The summed E-state index contributed by atoms with van der Waals surface area (Å²) in [6.07, 6.45) is 0. The number of hydrogen-bond acceptors (Lipinski definition) is 8. The number of hydrogen-bond donors (Lipinski definition) is 1. The van der Waals surface area contributed by atoms with Crippen molar-refractivity contribution in [2.75, 3.05) is 36.5 Å². The third-order valence-electron chi connectivity index (χ3n) is 5.14. The van der Waals surface area contributed by atoms with Crippen LogP contribution in [0, 0.1) is 6.92 Å². The Balaban J connectivity index is 1.32. The number of thiophene rings is 1. The average Bonchev–Trinajstić information content (AvgIpc) is 3.50. The van der Waals surface area contributed by atoms with E-state index in [1.807, 2.05) is 60.8 Å². The summed E-state index contributed by atoms with van der Waals surface area (Å²) in [7, 11) is 0. The number of carbonyl (C=O) groups is 1. The molecule has 7 nitrogen and oxygen atoms in total. The van der Waals surface area contributed by atoms with Crippen molar-refractivity contribution in [1.82, 2.24) is 15.2 Å². The molecule has 9 heteroatoms. The van der Waals surface area contributed by atoms with E-state index >= 15 is 0 Å². The van der Waals surface area contributed by atoms with Gasteiger partial charge in [-0.1, -0.05) is 18.2 Å². The van der Waals surface area contributed by atoms with E-state index in [-0.39, 0.29) is 5.91 Å². The van der Waals surface area contributed by atoms with E-state index in [9.17, 15) is 4.79 Å². The lowest BCUT2D eigenvalue weighted by molar-refractivity contribution is 0.103. The highest BCUT2D eigenvalue weighted by Gasteiger charge is 2.17. The number of benzene rings is 1. The van der Waals surface area contributed by atoms with E-state index in [4.69, 9.17) is 4.74 Å². The van der Waals surface area contributed by atoms with Crippen LogP contribution in [0.3, 0.4) is 0 Å². The van der Waals surface area contributed by atoms with Crippen molar-refractivity contribution >= 4 is 40.1 Å². The molecule has 0 aliphatic carbocycles. The number of carbonyl (C=O) groups excluding carboxylic acids is 1. The van der Waals surface area contributed by atoms with E-state index in [0.29, 0.717) is 23.8 Å². The largest absolute Gasteiger partial charge is 0.378 e. The third kappa shape index (κ3) is 4.40. The Bertz CT molecular complexity index is 1220. The van der Waals surface area contributed by atoms with Gasteiger partial charge >= 0.3 is 0 Å². The molecule has 0 bridgehead atoms. The summed E-state index contributed by atoms with van der Waals surface area (Å²) in [4.78, 5) is 21.3. The molecule has 32 heavy (non-hydrogen) atoms. The van der Waals surface area contributed by atoms with Crippen molar-refractivity contribution in [2.45, 2.75) is 6.92 Å². The van der Waals surface area contributed by atoms with Gasteiger partial charge in [0.2, 0.25) is 0 Å². The molecule has 5 rings (SSSR count). The molecule has 162 valence electrons. The first-order valence-corrected chi connectivity index (χ1v) is 12.0. The highest BCUT2D eigenvalue weighted by atomic mass is 32.1. The molecule has 1 aliphatic rings. The van der Waals surface area contributed by atoms with Gasteiger partial charge in [-0.15, -0.1) is 32.9 Å². The van der Waals surface area contributed by atoms with Crippen molar-refractivity contribution in [3.05, 3.63) is 64.5 Å². The summed E-state index contributed by atoms with van der Waals surface area (Å²) < 4.78 is 5.39. The SMILES string of the molecule is Cc1nc(-c2cccs2)sc1C(=O)Nc1cccc(-c2ccc(N3CCOCC3)nn2)c1. The maximum Gasteiger partial charge on any atom is 0.267 e. The number of rotatable bonds is 5. The molecule has 1 amide bonds. The van der Waals surface area contributed by atoms with E-state index in [1.54, 1.807) is 11.3 Å². The summed E-state index contributed by atoms with van der Waals surface area (Å²) in [6, 6.07) is 15.6. The smallest absolute Gasteiger partial charge is 0.267 e. The van der Waals surface area contributed by atoms with Crippen LogP contribution in [0.25, 0.3) is 21.1 Å². The standard InChI is InChI=1S/C23H21N5O2S2/c1-15-21(32-23(24-15)19-6-3-13-31-19)22(29)25-17-5-2-4-16(14-17)18-7-8-20(27-26-18)28-9-11-30-12-10-28/h2-8,13-14H,9-12H2,1H3,(H,25,29). The normalized spacial score (nSPS) is 13.8. The van der Waals surface area contributed by atoms with Crippen molar-refractivity contribution in [2.24, 2.45) is 0 Å². The number of nitrogens with zero attached hydrogens (tertiary/aromatic N) is 4. The Labute approximate surface area is 193 Å². The lowest BCUT2D eigenvalue weighted by Crippen LogP contribution is -2.36. The first kappa shape index (κ1) is 20.7. The van der Waals surface area contributed by atoms with E-state index in [0.717, 1.165) is 45.7 Å². The summed E-state index contributed by atoms with van der Waals surface area (Å²) in [5.74, 6) is 0.692. The van der Waals surface area contributed by atoms with Crippen LogP contribution in [0.15, 0.2) is 53.9 Å². The lowest BCUT2D eigenvalue weighted by atomic mass is 10.1. The van der Waals surface area contributed by atoms with Crippen LogP contribution < -0.4 is 10.2 Å². The number of aromatic nitrogens is 3. The minimum absolute atomic E-state index is 0.159. The zero-order valence-electron chi connectivity index (χ0n) is 17.4. The fourth-order valence-electron chi connectivity index (χ4n) is 3.50. The van der Waals surface area contributed by atoms with Gasteiger partial charge in [0.15, 0.2) is 5.82 Å². The number of ether oxygens (including phenoxy) is 1. The molecule has 4 aromatic rings. The molecule has 1 aliphatic heterocycles. The second-order valence-electron chi connectivity index (χ2n) is 7.32. The molecular weight excluding hydrogens is 442 g/mol. The number of anilines is 2. The van der Waals surface area contributed by atoms with E-state index in [2.05, 4.69) is 25.4 Å². The van der Waals surface area contributed by atoms with Gasteiger partial charge in [0.1, 0.15) is 9.88 Å². The molecule has 0 radical (unpaired) electrons. The summed E-state index contributed by atoms with van der Waals surface area (Å²) >= 11 is 3.03. The maximum atomic E-state index is 12.9. The fraction of sp³-hybridized carbons (Fsp3) is 0.217. The van der Waals surface area contributed by atoms with Gasteiger partial charge in [0.25, 0.3) is 5.91 Å². The highest BCUT2D eigenvalue weighted by Crippen LogP contribution is 2.31. The Morgan fingerprint density at radius 2 is 1.97 bits per heavy atom. The van der Waals surface area contributed by atoms with Gasteiger partial charge in [-0.05, 0) is 42.6 Å². The Kier molecular flexibility index (Phi) is 5.93. The van der Waals surface area contributed by atoms with E-state index < -0.39 is 0 Å². The molecule has 4 heterocycles. The quantitative estimate of drug-likeness (QED) is 0.461. The zero-order chi connectivity index (χ0) is 21.9. The summed E-state index contributed by atoms with van der Waals surface area (Å²) in [6.45, 7) is 4.92. The molecular formula is C23H21N5O2S2. The van der Waals surface area contributed by atoms with Crippen molar-refractivity contribution in [1.29, 1.82) is 0 Å². The molecule has 1 N–H and O–H groups in total. The fourth-order valence-corrected chi connectivity index (χ4v) is 5.26. The number of amides is 1.